The molecule has 0 unspecified atom stereocenters. The molecule has 1 aromatic rings. The predicted molar refractivity (Wildman–Crippen MR) is 55.4 cm³/mol. The van der Waals surface area contributed by atoms with E-state index in [0.29, 0.717) is 5.56 Å². The summed E-state index contributed by atoms with van der Waals surface area (Å²) < 4.78 is 24.4. The van der Waals surface area contributed by atoms with Crippen LogP contribution in [0.3, 0.4) is 0 Å². The summed E-state index contributed by atoms with van der Waals surface area (Å²) in [6.45, 7) is -0.592. The van der Waals surface area contributed by atoms with Crippen molar-refractivity contribution < 1.29 is 13.6 Å². The lowest BCUT2D eigenvalue weighted by molar-refractivity contribution is 0.0892. The van der Waals surface area contributed by atoms with Crippen LogP contribution in [0.5, 0.6) is 0 Å². The fraction of sp³-hybridized carbons (Fsp3) is 0.286. The monoisotopic (exact) mass is 317 g/mol. The first-order valence-corrected chi connectivity index (χ1v) is 5.36. The number of hydrogen-bond acceptors (Lipinski definition) is 2. The molecule has 0 saturated carbocycles. The highest BCUT2D eigenvalue weighted by Crippen LogP contribution is 2.16. The summed E-state index contributed by atoms with van der Waals surface area (Å²) in [4.78, 5) is 11.1. The van der Waals surface area contributed by atoms with Gasteiger partial charge >= 0.3 is 0 Å². The average molecular weight is 317 g/mol. The first-order chi connectivity index (χ1) is 6.09. The van der Waals surface area contributed by atoms with E-state index in [1.54, 1.807) is 11.4 Å². The lowest BCUT2D eigenvalue weighted by Crippen LogP contribution is -2.28. The van der Waals surface area contributed by atoms with Gasteiger partial charge in [0.25, 0.3) is 12.3 Å². The van der Waals surface area contributed by atoms with Crippen LogP contribution < -0.4 is 5.32 Å². The van der Waals surface area contributed by atoms with Gasteiger partial charge in [-0.25, -0.2) is 8.78 Å². The maximum absolute atomic E-state index is 11.7. The predicted octanol–water partition coefficient (Wildman–Crippen LogP) is 2.35. The Morgan fingerprint density at radius 1 is 1.69 bits per heavy atom. The van der Waals surface area contributed by atoms with Crippen molar-refractivity contribution in [3.05, 3.63) is 19.9 Å². The van der Waals surface area contributed by atoms with Gasteiger partial charge in [-0.05, 0) is 28.7 Å². The molecule has 1 amide bonds. The largest absolute Gasteiger partial charge is 0.346 e. The maximum atomic E-state index is 11.7. The van der Waals surface area contributed by atoms with Crippen molar-refractivity contribution in [3.63, 3.8) is 0 Å². The smallest absolute Gasteiger partial charge is 0.255 e. The number of amides is 1. The van der Waals surface area contributed by atoms with Crippen molar-refractivity contribution in [2.75, 3.05) is 6.54 Å². The third-order valence-electron chi connectivity index (χ3n) is 1.25. The Morgan fingerprint density at radius 2 is 2.38 bits per heavy atom. The second-order valence-electron chi connectivity index (χ2n) is 2.24. The summed E-state index contributed by atoms with van der Waals surface area (Å²) in [6.07, 6.45) is -2.50. The van der Waals surface area contributed by atoms with E-state index in [9.17, 15) is 13.6 Å². The molecule has 1 aromatic heterocycles. The van der Waals surface area contributed by atoms with E-state index in [4.69, 9.17) is 0 Å². The van der Waals surface area contributed by atoms with Gasteiger partial charge in [-0.15, -0.1) is 11.3 Å². The molecule has 0 aliphatic heterocycles. The summed E-state index contributed by atoms with van der Waals surface area (Å²) in [5.74, 6) is -0.445. The second kappa shape index (κ2) is 4.85. The number of nitrogens with one attached hydrogen (secondary N) is 1. The lowest BCUT2D eigenvalue weighted by Gasteiger charge is -2.01. The van der Waals surface area contributed by atoms with Crippen molar-refractivity contribution in [2.24, 2.45) is 0 Å². The van der Waals surface area contributed by atoms with Crippen LogP contribution in [0.1, 0.15) is 10.4 Å². The van der Waals surface area contributed by atoms with Crippen LogP contribution in [0.15, 0.2) is 11.4 Å². The van der Waals surface area contributed by atoms with Crippen molar-refractivity contribution in [1.29, 1.82) is 0 Å². The van der Waals surface area contributed by atoms with Gasteiger partial charge in [0.2, 0.25) is 0 Å². The summed E-state index contributed by atoms with van der Waals surface area (Å²) >= 11 is 3.47. The highest BCUT2D eigenvalue weighted by molar-refractivity contribution is 14.1. The molecule has 0 radical (unpaired) electrons. The average Bonchev–Trinajstić information content (AvgIpc) is 2.47. The Bertz CT molecular complexity index is 302. The zero-order chi connectivity index (χ0) is 9.84. The third kappa shape index (κ3) is 3.55. The molecule has 72 valence electrons. The van der Waals surface area contributed by atoms with Crippen molar-refractivity contribution in [2.45, 2.75) is 6.43 Å². The first kappa shape index (κ1) is 10.8. The molecular weight excluding hydrogens is 311 g/mol. The molecule has 6 heteroatoms. The minimum atomic E-state index is -2.50. The Kier molecular flexibility index (Phi) is 4.04. The molecule has 0 saturated heterocycles. The number of rotatable bonds is 3. The molecule has 0 fully saturated rings. The van der Waals surface area contributed by atoms with E-state index < -0.39 is 18.9 Å². The fourth-order valence-electron chi connectivity index (χ4n) is 0.701. The molecule has 0 spiro atoms. The SMILES string of the molecule is O=C(NCC(F)F)c1csc(I)c1. The standard InChI is InChI=1S/C7H6F2INOS/c8-5(9)2-11-7(12)4-1-6(10)13-3-4/h1,3,5H,2H2,(H,11,12). The van der Waals surface area contributed by atoms with Crippen LogP contribution in [0.25, 0.3) is 0 Å². The third-order valence-corrected chi connectivity index (χ3v) is 3.04. The molecule has 0 aromatic carbocycles. The van der Waals surface area contributed by atoms with E-state index >= 15 is 0 Å². The first-order valence-electron chi connectivity index (χ1n) is 3.40. The van der Waals surface area contributed by atoms with Crippen LogP contribution in [0, 0.1) is 2.88 Å². The second-order valence-corrected chi connectivity index (χ2v) is 5.05. The molecule has 0 bridgehead atoms. The molecule has 0 aliphatic carbocycles. The number of carbonyl (C=O) groups excluding carboxylic acids is 1. The van der Waals surface area contributed by atoms with Crippen molar-refractivity contribution in [1.82, 2.24) is 5.32 Å². The van der Waals surface area contributed by atoms with Gasteiger partial charge in [-0.1, -0.05) is 0 Å². The summed E-state index contributed by atoms with van der Waals surface area (Å²) in [6, 6.07) is 1.66. The molecule has 13 heavy (non-hydrogen) atoms. The highest BCUT2D eigenvalue weighted by atomic mass is 127. The Labute approximate surface area is 91.5 Å². The summed E-state index contributed by atoms with van der Waals surface area (Å²) in [5.41, 5.74) is 0.440. The van der Waals surface area contributed by atoms with E-state index in [2.05, 4.69) is 27.9 Å². The van der Waals surface area contributed by atoms with Gasteiger partial charge in [0, 0.05) is 5.38 Å². The quantitative estimate of drug-likeness (QED) is 0.852. The van der Waals surface area contributed by atoms with E-state index in [1.165, 1.54) is 11.3 Å². The minimum absolute atomic E-state index is 0.440. The molecule has 1 heterocycles. The zero-order valence-electron chi connectivity index (χ0n) is 6.39. The molecule has 0 atom stereocenters. The number of thiophene rings is 1. The maximum Gasteiger partial charge on any atom is 0.255 e. The number of hydrogen-bond donors (Lipinski definition) is 1. The topological polar surface area (TPSA) is 29.1 Å². The van der Waals surface area contributed by atoms with Crippen LogP contribution in [-0.2, 0) is 0 Å². The van der Waals surface area contributed by atoms with Gasteiger partial charge in [-0.3, -0.25) is 4.79 Å². The van der Waals surface area contributed by atoms with E-state index in [-0.39, 0.29) is 0 Å². The molecule has 1 N–H and O–H groups in total. The van der Waals surface area contributed by atoms with Crippen molar-refractivity contribution >= 4 is 39.8 Å². The normalized spacial score (nSPS) is 10.5. The van der Waals surface area contributed by atoms with Crippen LogP contribution >= 0.6 is 33.9 Å². The molecule has 1 rings (SSSR count). The van der Waals surface area contributed by atoms with Gasteiger partial charge in [-0.2, -0.15) is 0 Å². The molecule has 2 nitrogen and oxygen atoms in total. The number of halogens is 3. The Balaban J connectivity index is 2.49. The summed E-state index contributed by atoms with van der Waals surface area (Å²) in [5, 5.41) is 3.77. The lowest BCUT2D eigenvalue weighted by atomic mass is 10.3. The van der Waals surface area contributed by atoms with Crippen molar-refractivity contribution in [3.8, 4) is 0 Å². The molecular formula is C7H6F2INOS. The minimum Gasteiger partial charge on any atom is -0.346 e. The van der Waals surface area contributed by atoms with Crippen LogP contribution in [0.4, 0.5) is 8.78 Å². The van der Waals surface area contributed by atoms with Gasteiger partial charge in [0.05, 0.1) is 15.0 Å². The van der Waals surface area contributed by atoms with Crippen LogP contribution in [0.2, 0.25) is 0 Å². The van der Waals surface area contributed by atoms with E-state index in [0.717, 1.165) is 2.88 Å². The fourth-order valence-corrected chi connectivity index (χ4v) is 2.03. The number of alkyl halides is 2. The van der Waals surface area contributed by atoms with Crippen LogP contribution in [-0.4, -0.2) is 18.9 Å². The highest BCUT2D eigenvalue weighted by Gasteiger charge is 2.09. The van der Waals surface area contributed by atoms with Gasteiger partial charge in [0.15, 0.2) is 0 Å². The van der Waals surface area contributed by atoms with E-state index in [1.807, 2.05) is 0 Å². The Hall–Kier alpha value is -0.240. The Morgan fingerprint density at radius 3 is 2.85 bits per heavy atom. The zero-order valence-corrected chi connectivity index (χ0v) is 9.36. The summed E-state index contributed by atoms with van der Waals surface area (Å²) in [7, 11) is 0. The molecule has 0 aliphatic rings. The van der Waals surface area contributed by atoms with Gasteiger partial charge < -0.3 is 5.32 Å². The van der Waals surface area contributed by atoms with Gasteiger partial charge in [0.1, 0.15) is 0 Å². The number of carbonyl (C=O) groups is 1.